The Balaban J connectivity index is 1.61. The molecule has 1 heterocycles. The number of nitrogens with one attached hydrogen (secondary N) is 1. The van der Waals surface area contributed by atoms with Crippen molar-refractivity contribution >= 4 is 5.91 Å². The van der Waals surface area contributed by atoms with E-state index in [1.807, 2.05) is 0 Å². The van der Waals surface area contributed by atoms with E-state index in [2.05, 4.69) is 30.4 Å². The van der Waals surface area contributed by atoms with Gasteiger partial charge in [0, 0.05) is 12.3 Å². The van der Waals surface area contributed by atoms with Crippen molar-refractivity contribution in [2.75, 3.05) is 13.2 Å². The highest BCUT2D eigenvalue weighted by Gasteiger charge is 2.22. The summed E-state index contributed by atoms with van der Waals surface area (Å²) in [7, 11) is 0. The summed E-state index contributed by atoms with van der Waals surface area (Å²) in [5.41, 5.74) is 4.19. The van der Waals surface area contributed by atoms with E-state index in [-0.39, 0.29) is 11.9 Å². The third-order valence-corrected chi connectivity index (χ3v) is 4.43. The van der Waals surface area contributed by atoms with Crippen LogP contribution in [-0.4, -0.2) is 19.1 Å². The average Bonchev–Trinajstić information content (AvgIpc) is 2.42. The molecule has 1 atom stereocenters. The van der Waals surface area contributed by atoms with Gasteiger partial charge in [-0.1, -0.05) is 18.2 Å². The van der Waals surface area contributed by atoms with Crippen LogP contribution in [0.3, 0.4) is 0 Å². The number of carbonyl (C=O) groups is 1. The molecule has 3 rings (SSSR count). The number of aryl methyl sites for hydroxylation is 2. The Morgan fingerprint density at radius 3 is 2.75 bits per heavy atom. The Bertz CT molecular complexity index is 494. The lowest BCUT2D eigenvalue weighted by molar-refractivity contribution is -0.127. The quantitative estimate of drug-likeness (QED) is 0.916. The first-order chi connectivity index (χ1) is 9.72. The van der Waals surface area contributed by atoms with Gasteiger partial charge in [-0.3, -0.25) is 4.79 Å². The molecule has 1 saturated heterocycles. The molecule has 0 bridgehead atoms. The first-order valence-corrected chi connectivity index (χ1v) is 7.71. The minimum Gasteiger partial charge on any atom is -0.381 e. The van der Waals surface area contributed by atoms with Gasteiger partial charge < -0.3 is 10.1 Å². The van der Waals surface area contributed by atoms with Crippen molar-refractivity contribution in [3.8, 4) is 0 Å². The van der Waals surface area contributed by atoms with E-state index in [1.165, 1.54) is 42.4 Å². The summed E-state index contributed by atoms with van der Waals surface area (Å²) in [6, 6.07) is 6.79. The Kier molecular flexibility index (Phi) is 4.06. The zero-order valence-electron chi connectivity index (χ0n) is 12.2. The standard InChI is InChI=1S/C17H23NO2/c1-12(18-17(19)8-13-10-20-11-13)15-7-6-14-4-2-3-5-16(14)9-15/h6-7,9,12-13H,2-5,8,10-11H2,1H3,(H,18,19). The number of rotatable bonds is 4. The average molecular weight is 273 g/mol. The highest BCUT2D eigenvalue weighted by atomic mass is 16.5. The number of hydrogen-bond donors (Lipinski definition) is 1. The van der Waals surface area contributed by atoms with Crippen LogP contribution in [0.25, 0.3) is 0 Å². The SMILES string of the molecule is CC(NC(=O)CC1COC1)c1ccc2c(c1)CCCC2. The zero-order valence-corrected chi connectivity index (χ0v) is 12.2. The zero-order chi connectivity index (χ0) is 13.9. The van der Waals surface area contributed by atoms with Crippen LogP contribution in [0.1, 0.15) is 48.9 Å². The van der Waals surface area contributed by atoms with Gasteiger partial charge in [-0.15, -0.1) is 0 Å². The molecule has 3 nitrogen and oxygen atoms in total. The van der Waals surface area contributed by atoms with E-state index < -0.39 is 0 Å². The molecule has 2 aliphatic rings. The predicted octanol–water partition coefficient (Wildman–Crippen LogP) is 2.78. The molecule has 1 aliphatic carbocycles. The summed E-state index contributed by atoms with van der Waals surface area (Å²) in [5, 5.41) is 3.11. The number of amides is 1. The summed E-state index contributed by atoms with van der Waals surface area (Å²) < 4.78 is 5.11. The first kappa shape index (κ1) is 13.6. The third-order valence-electron chi connectivity index (χ3n) is 4.43. The van der Waals surface area contributed by atoms with Crippen LogP contribution in [0.15, 0.2) is 18.2 Å². The molecule has 1 fully saturated rings. The topological polar surface area (TPSA) is 38.3 Å². The summed E-state index contributed by atoms with van der Waals surface area (Å²) >= 11 is 0. The molecule has 0 radical (unpaired) electrons. The second-order valence-corrected chi connectivity index (χ2v) is 6.13. The van der Waals surface area contributed by atoms with Crippen molar-refractivity contribution in [3.63, 3.8) is 0 Å². The van der Waals surface area contributed by atoms with Crippen molar-refractivity contribution in [2.24, 2.45) is 5.92 Å². The van der Waals surface area contributed by atoms with Crippen LogP contribution in [0.2, 0.25) is 0 Å². The Morgan fingerprint density at radius 2 is 2.05 bits per heavy atom. The van der Waals surface area contributed by atoms with Gasteiger partial charge in [0.05, 0.1) is 19.3 Å². The monoisotopic (exact) mass is 273 g/mol. The summed E-state index contributed by atoms with van der Waals surface area (Å²) in [5.74, 6) is 0.564. The van der Waals surface area contributed by atoms with Crippen LogP contribution in [0.4, 0.5) is 0 Å². The van der Waals surface area contributed by atoms with E-state index in [0.717, 1.165) is 13.2 Å². The lowest BCUT2D eigenvalue weighted by Crippen LogP contribution is -2.35. The largest absolute Gasteiger partial charge is 0.381 e. The van der Waals surface area contributed by atoms with E-state index in [0.29, 0.717) is 12.3 Å². The van der Waals surface area contributed by atoms with Crippen molar-refractivity contribution in [3.05, 3.63) is 34.9 Å². The summed E-state index contributed by atoms with van der Waals surface area (Å²) in [6.45, 7) is 3.54. The molecule has 0 spiro atoms. The Morgan fingerprint density at radius 1 is 1.30 bits per heavy atom. The first-order valence-electron chi connectivity index (χ1n) is 7.71. The van der Waals surface area contributed by atoms with Crippen molar-refractivity contribution in [1.29, 1.82) is 0 Å². The second kappa shape index (κ2) is 5.96. The molecule has 0 aromatic heterocycles. The molecule has 108 valence electrons. The van der Waals surface area contributed by atoms with Gasteiger partial charge in [0.15, 0.2) is 0 Å². The van der Waals surface area contributed by atoms with Gasteiger partial charge in [0.1, 0.15) is 0 Å². The highest BCUT2D eigenvalue weighted by molar-refractivity contribution is 5.76. The van der Waals surface area contributed by atoms with Gasteiger partial charge in [-0.05, 0) is 49.3 Å². The fourth-order valence-corrected chi connectivity index (χ4v) is 3.07. The molecule has 1 unspecified atom stereocenters. The van der Waals surface area contributed by atoms with Gasteiger partial charge in [0.25, 0.3) is 0 Å². The molecule has 20 heavy (non-hydrogen) atoms. The van der Waals surface area contributed by atoms with Gasteiger partial charge in [0.2, 0.25) is 5.91 Å². The maximum atomic E-state index is 12.0. The molecule has 1 N–H and O–H groups in total. The summed E-state index contributed by atoms with van der Waals surface area (Å²) in [4.78, 5) is 12.0. The molecule has 1 aromatic carbocycles. The number of carbonyl (C=O) groups excluding carboxylic acids is 1. The van der Waals surface area contributed by atoms with E-state index in [1.54, 1.807) is 0 Å². The molecule has 3 heteroatoms. The molecular weight excluding hydrogens is 250 g/mol. The van der Waals surface area contributed by atoms with Crippen LogP contribution in [0, 0.1) is 5.92 Å². The number of hydrogen-bond acceptors (Lipinski definition) is 2. The van der Waals surface area contributed by atoms with Crippen LogP contribution in [0.5, 0.6) is 0 Å². The Hall–Kier alpha value is -1.35. The van der Waals surface area contributed by atoms with Crippen LogP contribution in [-0.2, 0) is 22.4 Å². The second-order valence-electron chi connectivity index (χ2n) is 6.13. The molecular formula is C17H23NO2. The predicted molar refractivity (Wildman–Crippen MR) is 78.6 cm³/mol. The minimum atomic E-state index is 0.0933. The van der Waals surface area contributed by atoms with E-state index in [9.17, 15) is 4.79 Å². The fraction of sp³-hybridized carbons (Fsp3) is 0.588. The Labute approximate surface area is 120 Å². The van der Waals surface area contributed by atoms with Gasteiger partial charge >= 0.3 is 0 Å². The van der Waals surface area contributed by atoms with Crippen LogP contribution < -0.4 is 5.32 Å². The molecule has 1 aliphatic heterocycles. The number of ether oxygens (including phenoxy) is 1. The lowest BCUT2D eigenvalue weighted by atomic mass is 9.89. The highest BCUT2D eigenvalue weighted by Crippen LogP contribution is 2.25. The fourth-order valence-electron chi connectivity index (χ4n) is 3.07. The molecule has 1 aromatic rings. The van der Waals surface area contributed by atoms with E-state index in [4.69, 9.17) is 4.74 Å². The maximum absolute atomic E-state index is 12.0. The number of fused-ring (bicyclic) bond motifs is 1. The van der Waals surface area contributed by atoms with Gasteiger partial charge in [-0.2, -0.15) is 0 Å². The lowest BCUT2D eigenvalue weighted by Gasteiger charge is -2.26. The molecule has 0 saturated carbocycles. The van der Waals surface area contributed by atoms with Crippen molar-refractivity contribution in [1.82, 2.24) is 5.32 Å². The summed E-state index contributed by atoms with van der Waals surface area (Å²) in [6.07, 6.45) is 5.58. The normalized spacial score (nSPS) is 19.9. The van der Waals surface area contributed by atoms with E-state index >= 15 is 0 Å². The maximum Gasteiger partial charge on any atom is 0.220 e. The minimum absolute atomic E-state index is 0.0933. The smallest absolute Gasteiger partial charge is 0.220 e. The number of benzene rings is 1. The molecule has 1 amide bonds. The van der Waals surface area contributed by atoms with Crippen molar-refractivity contribution in [2.45, 2.75) is 45.1 Å². The van der Waals surface area contributed by atoms with Gasteiger partial charge in [-0.25, -0.2) is 0 Å². The third kappa shape index (κ3) is 3.04. The van der Waals surface area contributed by atoms with Crippen LogP contribution >= 0.6 is 0 Å². The van der Waals surface area contributed by atoms with Crippen molar-refractivity contribution < 1.29 is 9.53 Å².